The molecule has 0 radical (unpaired) electrons. The number of aromatic nitrogens is 7. The molecule has 0 aliphatic rings. The largest absolute Gasteiger partial charge is 2.00 e. The van der Waals surface area contributed by atoms with Crippen LogP contribution in [0, 0.1) is 6.92 Å². The van der Waals surface area contributed by atoms with Gasteiger partial charge in [0.2, 0.25) is 0 Å². The van der Waals surface area contributed by atoms with E-state index in [1.807, 2.05) is 43.7 Å². The van der Waals surface area contributed by atoms with Gasteiger partial charge in [-0.2, -0.15) is 0 Å². The number of aryl methyl sites for hydroxylation is 1. The molecule has 0 atom stereocenters. The molecule has 38 heavy (non-hydrogen) atoms. The standard InChI is InChI=1S/C21H22N6.C9H13N.Pt/c1-6-15-12(2)19(27-24-15)16-9-13-11-22-8-7-14(13)20(23-16)17-10-18(26-25-17)21(3,4)5;1-9(2,3)8-4-6-10-7-5-8;/h7-11H,6H2,1-5H3;4-7H,1-3H3;/q-2;;+2. The van der Waals surface area contributed by atoms with Gasteiger partial charge in [0.05, 0.1) is 11.4 Å². The van der Waals surface area contributed by atoms with Crippen molar-refractivity contribution in [3.63, 3.8) is 0 Å². The molecule has 0 aliphatic heterocycles. The second-order valence-corrected chi connectivity index (χ2v) is 11.3. The van der Waals surface area contributed by atoms with E-state index in [2.05, 4.69) is 91.0 Å². The number of hydrogen-bond donors (Lipinski definition) is 0. The van der Waals surface area contributed by atoms with Crippen LogP contribution in [0.3, 0.4) is 0 Å². The van der Waals surface area contributed by atoms with Gasteiger partial charge in [-0.1, -0.05) is 65.9 Å². The van der Waals surface area contributed by atoms with Crippen molar-refractivity contribution < 1.29 is 21.1 Å². The average Bonchev–Trinajstić information content (AvgIpc) is 3.51. The summed E-state index contributed by atoms with van der Waals surface area (Å²) in [6.07, 6.45) is 8.14. The Bertz CT molecular complexity index is 1490. The summed E-state index contributed by atoms with van der Waals surface area (Å²) in [5, 5.41) is 19.5. The topological polar surface area (TPSA) is 92.6 Å². The second kappa shape index (κ2) is 11.7. The zero-order valence-electron chi connectivity index (χ0n) is 23.3. The first-order valence-electron chi connectivity index (χ1n) is 12.6. The van der Waals surface area contributed by atoms with Crippen LogP contribution in [0.25, 0.3) is 33.5 Å². The molecule has 0 aromatic carbocycles. The van der Waals surface area contributed by atoms with E-state index in [0.717, 1.165) is 56.9 Å². The fourth-order valence-corrected chi connectivity index (χ4v) is 4.02. The third-order valence-corrected chi connectivity index (χ3v) is 6.36. The zero-order chi connectivity index (χ0) is 26.8. The van der Waals surface area contributed by atoms with Crippen LogP contribution in [0.5, 0.6) is 0 Å². The van der Waals surface area contributed by atoms with Crippen molar-refractivity contribution in [2.24, 2.45) is 0 Å². The minimum atomic E-state index is -0.0655. The van der Waals surface area contributed by atoms with Gasteiger partial charge in [-0.25, -0.2) is 0 Å². The van der Waals surface area contributed by atoms with Crippen molar-refractivity contribution in [1.29, 1.82) is 0 Å². The van der Waals surface area contributed by atoms with E-state index in [1.165, 1.54) is 5.56 Å². The molecule has 0 unspecified atom stereocenters. The molecule has 0 fully saturated rings. The predicted molar refractivity (Wildman–Crippen MR) is 148 cm³/mol. The Balaban J connectivity index is 0.000000308. The van der Waals surface area contributed by atoms with Gasteiger partial charge in [-0.3, -0.25) is 15.0 Å². The molecule has 5 aromatic rings. The monoisotopic (exact) mass is 688 g/mol. The maximum Gasteiger partial charge on any atom is 2.00 e. The molecule has 0 spiro atoms. The van der Waals surface area contributed by atoms with Gasteiger partial charge >= 0.3 is 21.1 Å². The van der Waals surface area contributed by atoms with Gasteiger partial charge in [0.15, 0.2) is 0 Å². The Labute approximate surface area is 239 Å². The average molecular weight is 689 g/mol. The van der Waals surface area contributed by atoms with Gasteiger partial charge < -0.3 is 20.4 Å². The fourth-order valence-electron chi connectivity index (χ4n) is 4.02. The second-order valence-electron chi connectivity index (χ2n) is 11.3. The van der Waals surface area contributed by atoms with Crippen LogP contribution in [0.15, 0.2) is 55.1 Å². The van der Waals surface area contributed by atoms with Crippen molar-refractivity contribution in [3.8, 4) is 22.8 Å². The molecule has 5 rings (SSSR count). The summed E-state index contributed by atoms with van der Waals surface area (Å²) in [4.78, 5) is 13.1. The number of fused-ring (bicyclic) bond motifs is 1. The quantitative estimate of drug-likeness (QED) is 0.223. The van der Waals surface area contributed by atoms with Crippen LogP contribution >= 0.6 is 0 Å². The summed E-state index contributed by atoms with van der Waals surface area (Å²) in [5.41, 5.74) is 7.72. The Kier molecular flexibility index (Phi) is 9.04. The minimum Gasteiger partial charge on any atom is -0.573 e. The molecule has 0 bridgehead atoms. The number of rotatable bonds is 3. The zero-order valence-corrected chi connectivity index (χ0v) is 25.6. The van der Waals surface area contributed by atoms with Crippen LogP contribution in [0.1, 0.15) is 71.0 Å². The Morgan fingerprint density at radius 1 is 0.816 bits per heavy atom. The Morgan fingerprint density at radius 3 is 2.05 bits per heavy atom. The summed E-state index contributed by atoms with van der Waals surface area (Å²) in [6.45, 7) is 17.1. The fraction of sp³-hybridized carbons (Fsp3) is 0.367. The first-order valence-corrected chi connectivity index (χ1v) is 12.6. The van der Waals surface area contributed by atoms with E-state index in [4.69, 9.17) is 4.98 Å². The Hall–Kier alpha value is -3.18. The molecule has 8 heteroatoms. The van der Waals surface area contributed by atoms with Gasteiger partial charge in [-0.15, -0.1) is 0 Å². The van der Waals surface area contributed by atoms with Crippen LogP contribution in [0.2, 0.25) is 0 Å². The number of nitrogens with zero attached hydrogens (tertiary/aromatic N) is 7. The number of hydrogen-bond acceptors (Lipinski definition) is 5. The summed E-state index contributed by atoms with van der Waals surface area (Å²) < 4.78 is 0. The molecule has 5 heterocycles. The molecule has 7 nitrogen and oxygen atoms in total. The molecule has 0 amide bonds. The van der Waals surface area contributed by atoms with E-state index < -0.39 is 0 Å². The molecule has 0 saturated carbocycles. The van der Waals surface area contributed by atoms with Crippen molar-refractivity contribution in [3.05, 3.63) is 77.6 Å². The normalized spacial score (nSPS) is 11.6. The minimum absolute atomic E-state index is 0. The van der Waals surface area contributed by atoms with Crippen molar-refractivity contribution in [2.45, 2.75) is 72.6 Å². The summed E-state index contributed by atoms with van der Waals surface area (Å²) >= 11 is 0. The third-order valence-electron chi connectivity index (χ3n) is 6.36. The van der Waals surface area contributed by atoms with Crippen LogP contribution < -0.4 is 10.2 Å². The van der Waals surface area contributed by atoms with E-state index in [9.17, 15) is 0 Å². The van der Waals surface area contributed by atoms with Gasteiger partial charge in [-0.05, 0) is 54.2 Å². The number of pyridine rings is 3. The maximum atomic E-state index is 4.91. The van der Waals surface area contributed by atoms with Gasteiger partial charge in [0.1, 0.15) is 0 Å². The first kappa shape index (κ1) is 29.4. The van der Waals surface area contributed by atoms with Crippen LogP contribution in [0.4, 0.5) is 0 Å². The van der Waals surface area contributed by atoms with Crippen molar-refractivity contribution in [1.82, 2.24) is 35.3 Å². The van der Waals surface area contributed by atoms with Crippen LogP contribution in [-0.2, 0) is 38.3 Å². The summed E-state index contributed by atoms with van der Waals surface area (Å²) in [5.74, 6) is 0. The molecule has 0 aliphatic carbocycles. The van der Waals surface area contributed by atoms with E-state index in [0.29, 0.717) is 0 Å². The van der Waals surface area contributed by atoms with E-state index >= 15 is 0 Å². The third kappa shape index (κ3) is 6.44. The van der Waals surface area contributed by atoms with Gasteiger partial charge in [0.25, 0.3) is 0 Å². The predicted octanol–water partition coefficient (Wildman–Crippen LogP) is 6.21. The van der Waals surface area contributed by atoms with Crippen LogP contribution in [-0.4, -0.2) is 25.1 Å². The maximum absolute atomic E-state index is 4.91. The SMILES string of the molecule is CC(C)(C)c1ccncc1.CCc1n[n-]c(-c2cc3cnccc3c(-c3cc(C(C)(C)C)n[n-]3)n2)c1C.[Pt+2]. The van der Waals surface area contributed by atoms with E-state index in [1.54, 1.807) is 6.20 Å². The summed E-state index contributed by atoms with van der Waals surface area (Å²) in [6, 6.07) is 10.1. The molecule has 0 saturated heterocycles. The smallest absolute Gasteiger partial charge is 0.573 e. The van der Waals surface area contributed by atoms with Crippen molar-refractivity contribution in [2.75, 3.05) is 0 Å². The van der Waals surface area contributed by atoms with Crippen molar-refractivity contribution >= 4 is 10.8 Å². The molecular formula is C30H35N7Pt. The Morgan fingerprint density at radius 2 is 1.50 bits per heavy atom. The van der Waals surface area contributed by atoms with E-state index in [-0.39, 0.29) is 31.9 Å². The molecule has 5 aromatic heterocycles. The molecule has 0 N–H and O–H groups in total. The summed E-state index contributed by atoms with van der Waals surface area (Å²) in [7, 11) is 0. The molecule has 200 valence electrons. The van der Waals surface area contributed by atoms with Gasteiger partial charge in [0, 0.05) is 52.4 Å². The molecular weight excluding hydrogens is 653 g/mol. The first-order chi connectivity index (χ1) is 17.5.